The Morgan fingerprint density at radius 3 is 1.92 bits per heavy atom. The molecule has 0 aliphatic rings. The molecule has 0 heterocycles. The van der Waals surface area contributed by atoms with Crippen molar-refractivity contribution >= 4 is 11.4 Å². The summed E-state index contributed by atoms with van der Waals surface area (Å²) in [5.74, 6) is -0.728. The molecule has 3 aromatic rings. The van der Waals surface area contributed by atoms with Gasteiger partial charge in [0.25, 0.3) is 0 Å². The molecule has 0 saturated heterocycles. The Kier molecular flexibility index (Phi) is 4.58. The highest BCUT2D eigenvalue weighted by molar-refractivity contribution is 5.74. The number of anilines is 2. The molecule has 0 bridgehead atoms. The fraction of sp³-hybridized carbons (Fsp3) is 0.182. The van der Waals surface area contributed by atoms with Crippen LogP contribution in [0.4, 0.5) is 20.2 Å². The molecule has 0 N–H and O–H groups in total. The fourth-order valence-corrected chi connectivity index (χ4v) is 3.02. The van der Waals surface area contributed by atoms with E-state index in [9.17, 15) is 4.39 Å². The molecule has 0 aliphatic heterocycles. The van der Waals surface area contributed by atoms with Crippen molar-refractivity contribution in [2.75, 3.05) is 4.90 Å². The van der Waals surface area contributed by atoms with Gasteiger partial charge in [0, 0.05) is 11.1 Å². The van der Waals surface area contributed by atoms with E-state index in [1.807, 2.05) is 51.1 Å². The summed E-state index contributed by atoms with van der Waals surface area (Å²) in [7, 11) is 0. The first-order valence-electron chi connectivity index (χ1n) is 8.28. The number of rotatable bonds is 3. The molecule has 0 atom stereocenters. The molecule has 0 fully saturated rings. The van der Waals surface area contributed by atoms with Crippen LogP contribution in [-0.2, 0) is 0 Å². The standard InChI is InChI=1S/C22H21F2N/c1-22(2,3)25(19-14-8-7-13-18(19)23)20-15-9-12-17(21(20)24)16-10-5-4-6-11-16/h4-15H,1-3H3. The quantitative estimate of drug-likeness (QED) is 0.522. The molecule has 0 aliphatic carbocycles. The second-order valence-electron chi connectivity index (χ2n) is 6.96. The van der Waals surface area contributed by atoms with E-state index in [1.54, 1.807) is 41.3 Å². The van der Waals surface area contributed by atoms with Crippen LogP contribution in [0.25, 0.3) is 11.1 Å². The minimum Gasteiger partial charge on any atom is -0.331 e. The highest BCUT2D eigenvalue weighted by Gasteiger charge is 2.28. The zero-order valence-corrected chi connectivity index (χ0v) is 14.6. The van der Waals surface area contributed by atoms with Crippen molar-refractivity contribution in [1.82, 2.24) is 0 Å². The molecule has 0 spiro atoms. The second-order valence-corrected chi connectivity index (χ2v) is 6.96. The third-order valence-electron chi connectivity index (χ3n) is 4.07. The lowest BCUT2D eigenvalue weighted by Gasteiger charge is -2.38. The lowest BCUT2D eigenvalue weighted by molar-refractivity contribution is 0.527. The number of hydrogen-bond acceptors (Lipinski definition) is 1. The maximum absolute atomic E-state index is 15.4. The average molecular weight is 337 g/mol. The first-order valence-corrected chi connectivity index (χ1v) is 8.28. The summed E-state index contributed by atoms with van der Waals surface area (Å²) in [5.41, 5.74) is 1.52. The molecule has 1 nitrogen and oxygen atoms in total. The van der Waals surface area contributed by atoms with Gasteiger partial charge in [0.2, 0.25) is 0 Å². The fourth-order valence-electron chi connectivity index (χ4n) is 3.02. The normalized spacial score (nSPS) is 11.4. The Morgan fingerprint density at radius 2 is 1.28 bits per heavy atom. The Morgan fingerprint density at radius 1 is 0.680 bits per heavy atom. The predicted molar refractivity (Wildman–Crippen MR) is 100 cm³/mol. The number of para-hydroxylation sites is 1. The van der Waals surface area contributed by atoms with Crippen molar-refractivity contribution < 1.29 is 8.78 Å². The zero-order chi connectivity index (χ0) is 18.0. The summed E-state index contributed by atoms with van der Waals surface area (Å²) in [6, 6.07) is 21.1. The van der Waals surface area contributed by atoms with Gasteiger partial charge in [0.05, 0.1) is 11.4 Å². The van der Waals surface area contributed by atoms with E-state index in [0.29, 0.717) is 16.9 Å². The second kappa shape index (κ2) is 6.67. The molecule has 3 rings (SSSR count). The van der Waals surface area contributed by atoms with Crippen molar-refractivity contribution in [1.29, 1.82) is 0 Å². The molecular weight excluding hydrogens is 316 g/mol. The number of nitrogens with zero attached hydrogens (tertiary/aromatic N) is 1. The summed E-state index contributed by atoms with van der Waals surface area (Å²) < 4.78 is 29.8. The first-order chi connectivity index (χ1) is 11.9. The van der Waals surface area contributed by atoms with Crippen molar-refractivity contribution in [2.45, 2.75) is 26.3 Å². The molecule has 3 heteroatoms. The van der Waals surface area contributed by atoms with E-state index in [-0.39, 0.29) is 11.6 Å². The Bertz CT molecular complexity index is 867. The molecule has 0 amide bonds. The molecule has 0 saturated carbocycles. The summed E-state index contributed by atoms with van der Waals surface area (Å²) in [6.07, 6.45) is 0. The van der Waals surface area contributed by atoms with Crippen molar-refractivity contribution in [2.24, 2.45) is 0 Å². The van der Waals surface area contributed by atoms with E-state index < -0.39 is 5.54 Å². The van der Waals surface area contributed by atoms with E-state index in [2.05, 4.69) is 0 Å². The third kappa shape index (κ3) is 3.41. The monoisotopic (exact) mass is 337 g/mol. The number of halogens is 2. The lowest BCUT2D eigenvalue weighted by atomic mass is 9.99. The van der Waals surface area contributed by atoms with Gasteiger partial charge in [-0.05, 0) is 44.5 Å². The van der Waals surface area contributed by atoms with Crippen LogP contribution in [0.15, 0.2) is 72.8 Å². The van der Waals surface area contributed by atoms with Gasteiger partial charge >= 0.3 is 0 Å². The molecule has 0 aromatic heterocycles. The van der Waals surface area contributed by atoms with Crippen LogP contribution < -0.4 is 4.90 Å². The Balaban J connectivity index is 2.20. The average Bonchev–Trinajstić information content (AvgIpc) is 2.58. The van der Waals surface area contributed by atoms with Gasteiger partial charge in [0.1, 0.15) is 5.82 Å². The Labute approximate surface area is 147 Å². The molecule has 0 unspecified atom stereocenters. The van der Waals surface area contributed by atoms with Crippen LogP contribution in [0.3, 0.4) is 0 Å². The molecule has 3 aromatic carbocycles. The first kappa shape index (κ1) is 17.2. The van der Waals surface area contributed by atoms with Gasteiger partial charge in [-0.15, -0.1) is 0 Å². The van der Waals surface area contributed by atoms with Gasteiger partial charge in [-0.1, -0.05) is 54.6 Å². The highest BCUT2D eigenvalue weighted by atomic mass is 19.1. The highest BCUT2D eigenvalue weighted by Crippen LogP contribution is 2.39. The van der Waals surface area contributed by atoms with Crippen LogP contribution in [0.2, 0.25) is 0 Å². The molecule has 128 valence electrons. The maximum Gasteiger partial charge on any atom is 0.154 e. The van der Waals surface area contributed by atoms with Gasteiger partial charge in [-0.3, -0.25) is 0 Å². The van der Waals surface area contributed by atoms with E-state index in [1.165, 1.54) is 6.07 Å². The van der Waals surface area contributed by atoms with E-state index in [4.69, 9.17) is 0 Å². The largest absolute Gasteiger partial charge is 0.331 e. The van der Waals surface area contributed by atoms with E-state index in [0.717, 1.165) is 5.56 Å². The number of hydrogen-bond donors (Lipinski definition) is 0. The topological polar surface area (TPSA) is 3.24 Å². The van der Waals surface area contributed by atoms with Crippen molar-refractivity contribution in [3.05, 3.63) is 84.4 Å². The van der Waals surface area contributed by atoms with E-state index >= 15 is 4.39 Å². The molecular formula is C22H21F2N. The van der Waals surface area contributed by atoms with Crippen LogP contribution in [0, 0.1) is 11.6 Å². The summed E-state index contributed by atoms with van der Waals surface area (Å²) in [5, 5.41) is 0. The summed E-state index contributed by atoms with van der Waals surface area (Å²) in [4.78, 5) is 1.71. The van der Waals surface area contributed by atoms with Crippen LogP contribution in [0.5, 0.6) is 0 Å². The Hall–Kier alpha value is -2.68. The van der Waals surface area contributed by atoms with Crippen LogP contribution >= 0.6 is 0 Å². The minimum absolute atomic E-state index is 0.355. The van der Waals surface area contributed by atoms with Crippen LogP contribution in [0.1, 0.15) is 20.8 Å². The van der Waals surface area contributed by atoms with Gasteiger partial charge in [-0.2, -0.15) is 0 Å². The van der Waals surface area contributed by atoms with Crippen molar-refractivity contribution in [3.63, 3.8) is 0 Å². The SMILES string of the molecule is CC(C)(C)N(c1ccccc1F)c1cccc(-c2ccccc2)c1F. The van der Waals surface area contributed by atoms with Crippen LogP contribution in [-0.4, -0.2) is 5.54 Å². The summed E-state index contributed by atoms with van der Waals surface area (Å²) in [6.45, 7) is 5.82. The summed E-state index contributed by atoms with van der Waals surface area (Å²) >= 11 is 0. The maximum atomic E-state index is 15.4. The zero-order valence-electron chi connectivity index (χ0n) is 14.6. The predicted octanol–water partition coefficient (Wildman–Crippen LogP) is 6.57. The van der Waals surface area contributed by atoms with Gasteiger partial charge < -0.3 is 4.90 Å². The number of benzene rings is 3. The van der Waals surface area contributed by atoms with Gasteiger partial charge in [0.15, 0.2) is 5.82 Å². The minimum atomic E-state index is -0.502. The van der Waals surface area contributed by atoms with Crippen molar-refractivity contribution in [3.8, 4) is 11.1 Å². The molecule has 25 heavy (non-hydrogen) atoms. The smallest absolute Gasteiger partial charge is 0.154 e. The lowest BCUT2D eigenvalue weighted by Crippen LogP contribution is -2.38. The van der Waals surface area contributed by atoms with Gasteiger partial charge in [-0.25, -0.2) is 8.78 Å². The molecule has 0 radical (unpaired) electrons. The third-order valence-corrected chi connectivity index (χ3v) is 4.07.